The van der Waals surface area contributed by atoms with E-state index in [1.807, 2.05) is 48.5 Å². The first-order valence-corrected chi connectivity index (χ1v) is 12.4. The number of carboxylic acid groups (broad SMARTS) is 1. The molecule has 0 spiro atoms. The number of furan rings is 1. The maximum Gasteiger partial charge on any atom is 0.404 e. The van der Waals surface area contributed by atoms with Gasteiger partial charge in [0.15, 0.2) is 0 Å². The number of pyridine rings is 1. The zero-order valence-electron chi connectivity index (χ0n) is 21.0. The Labute approximate surface area is 227 Å². The average molecular weight is 531 g/mol. The van der Waals surface area contributed by atoms with Gasteiger partial charge in [0.05, 0.1) is 17.9 Å². The average Bonchev–Trinajstić information content (AvgIpc) is 3.36. The molecule has 4 N–H and O–H groups in total. The monoisotopic (exact) mass is 530 g/mol. The van der Waals surface area contributed by atoms with Crippen molar-refractivity contribution in [1.82, 2.24) is 20.3 Å². The quantitative estimate of drug-likeness (QED) is 0.191. The Morgan fingerprint density at radius 3 is 2.42 bits per heavy atom. The van der Waals surface area contributed by atoms with Crippen LogP contribution in [0.4, 0.5) is 22.1 Å². The Hall–Kier alpha value is -5.77. The summed E-state index contributed by atoms with van der Waals surface area (Å²) < 4.78 is 6.15. The van der Waals surface area contributed by atoms with Crippen LogP contribution in [0.2, 0.25) is 0 Å². The van der Waals surface area contributed by atoms with Crippen molar-refractivity contribution in [3.05, 3.63) is 109 Å². The van der Waals surface area contributed by atoms with Gasteiger partial charge in [0.25, 0.3) is 5.91 Å². The van der Waals surface area contributed by atoms with Crippen LogP contribution in [0.1, 0.15) is 16.2 Å². The van der Waals surface area contributed by atoms with Gasteiger partial charge in [0.1, 0.15) is 16.9 Å². The molecule has 0 radical (unpaired) electrons. The van der Waals surface area contributed by atoms with E-state index in [4.69, 9.17) is 14.5 Å². The molecule has 0 aliphatic heterocycles. The van der Waals surface area contributed by atoms with Crippen LogP contribution in [-0.4, -0.2) is 32.1 Å². The van der Waals surface area contributed by atoms with Gasteiger partial charge in [0.2, 0.25) is 5.95 Å². The summed E-state index contributed by atoms with van der Waals surface area (Å²) in [5.41, 5.74) is 5.10. The molecule has 6 rings (SSSR count). The lowest BCUT2D eigenvalue weighted by atomic mass is 10.1. The molecule has 2 amide bonds. The summed E-state index contributed by atoms with van der Waals surface area (Å²) in [7, 11) is 0. The van der Waals surface area contributed by atoms with E-state index in [1.54, 1.807) is 48.7 Å². The van der Waals surface area contributed by atoms with Gasteiger partial charge in [-0.1, -0.05) is 36.4 Å². The predicted octanol–water partition coefficient (Wildman–Crippen LogP) is 6.20. The van der Waals surface area contributed by atoms with E-state index in [2.05, 4.69) is 25.9 Å². The zero-order valence-corrected chi connectivity index (χ0v) is 21.0. The van der Waals surface area contributed by atoms with Crippen molar-refractivity contribution in [2.45, 2.75) is 6.54 Å². The Morgan fingerprint density at radius 1 is 0.800 bits per heavy atom. The molecule has 196 valence electrons. The number of amides is 2. The fraction of sp³-hybridized carbons (Fsp3) is 0.0333. The molecule has 0 bridgehead atoms. The lowest BCUT2D eigenvalue weighted by molar-refractivity contribution is 0.102. The molecule has 6 aromatic rings. The highest BCUT2D eigenvalue weighted by Crippen LogP contribution is 2.35. The molecular weight excluding hydrogens is 508 g/mol. The first-order chi connectivity index (χ1) is 19.5. The molecule has 40 heavy (non-hydrogen) atoms. The standard InChI is InChI=1S/C30H22N6O4/c37-28(25-9-3-5-20(33-25)17-32-30(38)39)34-18-11-13-19(14-12-18)35-29-31-16-15-24(36-29)23-8-4-7-22-21-6-1-2-10-26(21)40-27(22)23/h1-16,32H,17H2,(H,34,37)(H,38,39)(H,31,35,36). The molecule has 0 aliphatic rings. The molecule has 0 fully saturated rings. The van der Waals surface area contributed by atoms with Crippen molar-refractivity contribution >= 4 is 51.3 Å². The maximum absolute atomic E-state index is 12.6. The fourth-order valence-electron chi connectivity index (χ4n) is 4.35. The number of hydrogen-bond donors (Lipinski definition) is 4. The third-order valence-corrected chi connectivity index (χ3v) is 6.19. The van der Waals surface area contributed by atoms with Crippen LogP contribution >= 0.6 is 0 Å². The maximum atomic E-state index is 12.6. The molecular formula is C30H22N6O4. The molecule has 0 saturated carbocycles. The molecule has 0 aliphatic carbocycles. The van der Waals surface area contributed by atoms with Crippen molar-refractivity contribution in [1.29, 1.82) is 0 Å². The van der Waals surface area contributed by atoms with E-state index in [0.717, 1.165) is 38.9 Å². The highest BCUT2D eigenvalue weighted by atomic mass is 16.4. The van der Waals surface area contributed by atoms with E-state index in [1.165, 1.54) is 0 Å². The minimum Gasteiger partial charge on any atom is -0.465 e. The second-order valence-corrected chi connectivity index (χ2v) is 8.88. The minimum absolute atomic E-state index is 0.00745. The van der Waals surface area contributed by atoms with Crippen molar-refractivity contribution in [3.8, 4) is 11.3 Å². The molecule has 10 nitrogen and oxygen atoms in total. The Kier molecular flexibility index (Phi) is 6.47. The highest BCUT2D eigenvalue weighted by molar-refractivity contribution is 6.09. The molecule has 3 aromatic heterocycles. The smallest absolute Gasteiger partial charge is 0.404 e. The Bertz CT molecular complexity index is 1870. The third kappa shape index (κ3) is 5.14. The number of carbonyl (C=O) groups excluding carboxylic acids is 1. The largest absolute Gasteiger partial charge is 0.465 e. The second kappa shape index (κ2) is 10.5. The molecule has 0 unspecified atom stereocenters. The highest BCUT2D eigenvalue weighted by Gasteiger charge is 2.14. The van der Waals surface area contributed by atoms with Gasteiger partial charge in [-0.15, -0.1) is 0 Å². The summed E-state index contributed by atoms with van der Waals surface area (Å²) in [4.78, 5) is 36.6. The number of nitrogens with zero attached hydrogens (tertiary/aromatic N) is 3. The topological polar surface area (TPSA) is 142 Å². The number of aromatic nitrogens is 3. The first kappa shape index (κ1) is 24.6. The van der Waals surface area contributed by atoms with E-state index in [9.17, 15) is 9.59 Å². The normalized spacial score (nSPS) is 10.9. The van der Waals surface area contributed by atoms with Gasteiger partial charge >= 0.3 is 6.09 Å². The fourth-order valence-corrected chi connectivity index (χ4v) is 4.35. The summed E-state index contributed by atoms with van der Waals surface area (Å²) in [5.74, 6) is 0.00654. The SMILES string of the molecule is O=C(O)NCc1cccc(C(=O)Nc2ccc(Nc3nccc(-c4cccc5c4oc4ccccc45)n3)cc2)n1. The van der Waals surface area contributed by atoms with Gasteiger partial charge in [-0.25, -0.2) is 19.7 Å². The third-order valence-electron chi connectivity index (χ3n) is 6.19. The predicted molar refractivity (Wildman–Crippen MR) is 152 cm³/mol. The summed E-state index contributed by atoms with van der Waals surface area (Å²) in [6.45, 7) is 0.00745. The Balaban J connectivity index is 1.16. The number of hydrogen-bond acceptors (Lipinski definition) is 7. The van der Waals surface area contributed by atoms with Crippen LogP contribution in [0, 0.1) is 0 Å². The zero-order chi connectivity index (χ0) is 27.5. The van der Waals surface area contributed by atoms with E-state index >= 15 is 0 Å². The Morgan fingerprint density at radius 2 is 1.57 bits per heavy atom. The first-order valence-electron chi connectivity index (χ1n) is 12.4. The molecule has 10 heteroatoms. The number of benzene rings is 3. The summed E-state index contributed by atoms with van der Waals surface area (Å²) in [5, 5.41) is 19.1. The van der Waals surface area contributed by atoms with E-state index in [0.29, 0.717) is 17.3 Å². The number of para-hydroxylation sites is 2. The van der Waals surface area contributed by atoms with Gasteiger partial charge in [0, 0.05) is 33.9 Å². The number of rotatable bonds is 7. The van der Waals surface area contributed by atoms with Gasteiger partial charge in [-0.3, -0.25) is 4.79 Å². The van der Waals surface area contributed by atoms with Crippen LogP contribution in [0.15, 0.2) is 102 Å². The summed E-state index contributed by atoms with van der Waals surface area (Å²) in [6.07, 6.45) is 0.527. The van der Waals surface area contributed by atoms with Crippen molar-refractivity contribution < 1.29 is 19.1 Å². The number of anilines is 3. The summed E-state index contributed by atoms with van der Waals surface area (Å²) >= 11 is 0. The van der Waals surface area contributed by atoms with Crippen LogP contribution in [-0.2, 0) is 6.54 Å². The minimum atomic E-state index is -1.16. The van der Waals surface area contributed by atoms with Crippen LogP contribution < -0.4 is 16.0 Å². The van der Waals surface area contributed by atoms with Crippen LogP contribution in [0.3, 0.4) is 0 Å². The number of nitrogens with one attached hydrogen (secondary N) is 3. The van der Waals surface area contributed by atoms with Crippen molar-refractivity contribution in [3.63, 3.8) is 0 Å². The van der Waals surface area contributed by atoms with Gasteiger partial charge < -0.3 is 25.5 Å². The van der Waals surface area contributed by atoms with Crippen molar-refractivity contribution in [2.24, 2.45) is 0 Å². The van der Waals surface area contributed by atoms with Gasteiger partial charge in [-0.2, -0.15) is 0 Å². The summed E-state index contributed by atoms with van der Waals surface area (Å²) in [6, 6.07) is 27.7. The van der Waals surface area contributed by atoms with E-state index < -0.39 is 12.0 Å². The molecule has 0 saturated heterocycles. The van der Waals surface area contributed by atoms with Crippen LogP contribution in [0.25, 0.3) is 33.2 Å². The lowest BCUT2D eigenvalue weighted by Crippen LogP contribution is -2.21. The second-order valence-electron chi connectivity index (χ2n) is 8.88. The molecule has 3 heterocycles. The molecule has 0 atom stereocenters. The van der Waals surface area contributed by atoms with Crippen molar-refractivity contribution in [2.75, 3.05) is 10.6 Å². The van der Waals surface area contributed by atoms with Crippen LogP contribution in [0.5, 0.6) is 0 Å². The van der Waals surface area contributed by atoms with E-state index in [-0.39, 0.29) is 12.2 Å². The number of fused-ring (bicyclic) bond motifs is 3. The van der Waals surface area contributed by atoms with Gasteiger partial charge in [-0.05, 0) is 54.6 Å². The number of carbonyl (C=O) groups is 2. The molecule has 3 aromatic carbocycles. The lowest BCUT2D eigenvalue weighted by Gasteiger charge is -2.09.